The van der Waals surface area contributed by atoms with E-state index in [1.54, 1.807) is 24.3 Å². The Kier molecular flexibility index (Phi) is 4.82. The molecule has 8 heteroatoms. The molecule has 3 N–H and O–H groups in total. The van der Waals surface area contributed by atoms with Crippen LogP contribution in [-0.4, -0.2) is 37.6 Å². The van der Waals surface area contributed by atoms with Crippen LogP contribution in [0.3, 0.4) is 0 Å². The maximum Gasteiger partial charge on any atom is 0.335 e. The number of nitrogens with zero attached hydrogens (tertiary/aromatic N) is 2. The first-order chi connectivity index (χ1) is 14.1. The average molecular weight is 390 g/mol. The third-order valence-corrected chi connectivity index (χ3v) is 4.54. The lowest BCUT2D eigenvalue weighted by Crippen LogP contribution is -2.10. The summed E-state index contributed by atoms with van der Waals surface area (Å²) in [6, 6.07) is 12.4. The van der Waals surface area contributed by atoms with Gasteiger partial charge in [0.05, 0.1) is 24.1 Å². The lowest BCUT2D eigenvalue weighted by Gasteiger charge is -2.13. The van der Waals surface area contributed by atoms with Crippen molar-refractivity contribution in [3.63, 3.8) is 0 Å². The number of fused-ring (bicyclic) bond motifs is 1. The lowest BCUT2D eigenvalue weighted by atomic mass is 9.98. The molecule has 0 aliphatic heterocycles. The van der Waals surface area contributed by atoms with Crippen LogP contribution in [0.1, 0.15) is 28.4 Å². The summed E-state index contributed by atoms with van der Waals surface area (Å²) in [5.41, 5.74) is 2.81. The first kappa shape index (κ1) is 18.4. The monoisotopic (exact) mass is 390 g/mol. The van der Waals surface area contributed by atoms with Crippen molar-refractivity contribution >= 4 is 17.1 Å². The number of aromatic nitrogens is 4. The average Bonchev–Trinajstić information content (AvgIpc) is 3.18. The number of carbonyl (C=O) groups is 1. The van der Waals surface area contributed by atoms with E-state index in [1.165, 1.54) is 6.33 Å². The molecule has 0 saturated carbocycles. The van der Waals surface area contributed by atoms with Crippen molar-refractivity contribution in [1.82, 2.24) is 19.9 Å². The van der Waals surface area contributed by atoms with Crippen LogP contribution in [0, 0.1) is 0 Å². The highest BCUT2D eigenvalue weighted by Crippen LogP contribution is 2.30. The molecule has 4 aromatic rings. The second-order valence-electron chi connectivity index (χ2n) is 6.42. The maximum atomic E-state index is 12.2. The Morgan fingerprint density at radius 1 is 1.21 bits per heavy atom. The summed E-state index contributed by atoms with van der Waals surface area (Å²) in [5, 5.41) is 9.39. The molecular weight excluding hydrogens is 372 g/mol. The first-order valence-corrected chi connectivity index (χ1v) is 9.07. The Morgan fingerprint density at radius 3 is 2.83 bits per heavy atom. The van der Waals surface area contributed by atoms with Gasteiger partial charge in [0.1, 0.15) is 11.6 Å². The molecule has 0 atom stereocenters. The maximum absolute atomic E-state index is 12.2. The topological polar surface area (TPSA) is 121 Å². The van der Waals surface area contributed by atoms with Gasteiger partial charge < -0.3 is 19.8 Å². The third kappa shape index (κ3) is 3.60. The number of H-pyrrole nitrogens is 2. The van der Waals surface area contributed by atoms with Crippen molar-refractivity contribution in [2.75, 3.05) is 6.61 Å². The van der Waals surface area contributed by atoms with Gasteiger partial charge in [0.25, 0.3) is 5.56 Å². The van der Waals surface area contributed by atoms with Crippen molar-refractivity contribution < 1.29 is 14.6 Å². The highest BCUT2D eigenvalue weighted by molar-refractivity contribution is 5.89. The van der Waals surface area contributed by atoms with Crippen LogP contribution in [-0.2, 0) is 6.42 Å². The van der Waals surface area contributed by atoms with Gasteiger partial charge in [0, 0.05) is 0 Å². The Bertz CT molecular complexity index is 1260. The zero-order chi connectivity index (χ0) is 20.4. The van der Waals surface area contributed by atoms with E-state index in [9.17, 15) is 14.7 Å². The van der Waals surface area contributed by atoms with Crippen molar-refractivity contribution in [3.8, 4) is 17.1 Å². The van der Waals surface area contributed by atoms with Gasteiger partial charge in [-0.15, -0.1) is 0 Å². The third-order valence-electron chi connectivity index (χ3n) is 4.54. The number of rotatable bonds is 6. The minimum Gasteiger partial charge on any atom is -0.493 e. The second-order valence-corrected chi connectivity index (χ2v) is 6.42. The number of hydrogen-bond donors (Lipinski definition) is 3. The van der Waals surface area contributed by atoms with Gasteiger partial charge in [0.2, 0.25) is 0 Å². The Balaban J connectivity index is 1.75. The molecule has 2 heterocycles. The van der Waals surface area contributed by atoms with Gasteiger partial charge in [-0.1, -0.05) is 24.3 Å². The number of carboxylic acids is 1. The Hall–Kier alpha value is -3.94. The molecule has 0 aliphatic carbocycles. The number of hydrogen-bond acceptors (Lipinski definition) is 5. The summed E-state index contributed by atoms with van der Waals surface area (Å²) >= 11 is 0. The molecule has 0 fully saturated rings. The summed E-state index contributed by atoms with van der Waals surface area (Å²) in [5.74, 6) is -0.0530. The molecule has 4 rings (SSSR count). The molecule has 0 aliphatic rings. The molecule has 0 saturated heterocycles. The zero-order valence-electron chi connectivity index (χ0n) is 15.6. The van der Waals surface area contributed by atoms with Crippen LogP contribution in [0.4, 0.5) is 0 Å². The van der Waals surface area contributed by atoms with E-state index in [0.717, 1.165) is 5.56 Å². The quantitative estimate of drug-likeness (QED) is 0.465. The molecule has 146 valence electrons. The minimum absolute atomic E-state index is 0.268. The van der Waals surface area contributed by atoms with Crippen LogP contribution < -0.4 is 10.3 Å². The molecule has 0 radical (unpaired) electrons. The second kappa shape index (κ2) is 7.59. The van der Waals surface area contributed by atoms with Gasteiger partial charge in [-0.3, -0.25) is 4.79 Å². The fraction of sp³-hybridized carbons (Fsp3) is 0.143. The Morgan fingerprint density at radius 2 is 2.03 bits per heavy atom. The van der Waals surface area contributed by atoms with Crippen molar-refractivity contribution in [3.05, 3.63) is 75.8 Å². The standard InChI is InChI=1S/C21H18N4O4/c1-2-29-16-10-12(9-13-5-3-4-6-14(13)21(27)28)7-8-15(16)18-24-19-17(20(26)25-18)22-11-23-19/h3-8,10-11H,2,9H2,1H3,(H,27,28)(H2,22,23,24,25,26). The van der Waals surface area contributed by atoms with E-state index in [1.807, 2.05) is 25.1 Å². The zero-order valence-corrected chi connectivity index (χ0v) is 15.6. The largest absolute Gasteiger partial charge is 0.493 e. The first-order valence-electron chi connectivity index (χ1n) is 9.07. The highest BCUT2D eigenvalue weighted by atomic mass is 16.5. The molecule has 0 unspecified atom stereocenters. The van der Waals surface area contributed by atoms with Gasteiger partial charge in [-0.2, -0.15) is 0 Å². The number of nitrogens with one attached hydrogen (secondary N) is 2. The van der Waals surface area contributed by atoms with E-state index in [4.69, 9.17) is 4.74 Å². The number of aromatic carboxylic acids is 1. The number of ether oxygens (including phenoxy) is 1. The van der Waals surface area contributed by atoms with Crippen LogP contribution in [0.5, 0.6) is 5.75 Å². The van der Waals surface area contributed by atoms with Crippen LogP contribution in [0.2, 0.25) is 0 Å². The van der Waals surface area contributed by atoms with Crippen molar-refractivity contribution in [1.29, 1.82) is 0 Å². The SMILES string of the molecule is CCOc1cc(Cc2ccccc2C(=O)O)ccc1-c1nc2nc[nH]c2c(=O)[nH]1. The number of aromatic amines is 2. The molecule has 2 aromatic heterocycles. The Labute approximate surface area is 165 Å². The molecule has 0 spiro atoms. The molecule has 29 heavy (non-hydrogen) atoms. The van der Waals surface area contributed by atoms with E-state index in [-0.39, 0.29) is 11.1 Å². The number of carboxylic acid groups (broad SMARTS) is 1. The van der Waals surface area contributed by atoms with E-state index in [0.29, 0.717) is 46.9 Å². The number of imidazole rings is 1. The van der Waals surface area contributed by atoms with E-state index < -0.39 is 5.97 Å². The van der Waals surface area contributed by atoms with E-state index >= 15 is 0 Å². The normalized spacial score (nSPS) is 10.9. The van der Waals surface area contributed by atoms with Crippen molar-refractivity contribution in [2.45, 2.75) is 13.3 Å². The van der Waals surface area contributed by atoms with Gasteiger partial charge >= 0.3 is 5.97 Å². The van der Waals surface area contributed by atoms with Gasteiger partial charge in [-0.25, -0.2) is 14.8 Å². The minimum atomic E-state index is -0.962. The van der Waals surface area contributed by atoms with Crippen LogP contribution in [0.25, 0.3) is 22.6 Å². The van der Waals surface area contributed by atoms with E-state index in [2.05, 4.69) is 19.9 Å². The summed E-state index contributed by atoms with van der Waals surface area (Å²) in [4.78, 5) is 37.7. The summed E-state index contributed by atoms with van der Waals surface area (Å²) < 4.78 is 5.77. The summed E-state index contributed by atoms with van der Waals surface area (Å²) in [6.07, 6.45) is 1.86. The van der Waals surface area contributed by atoms with Crippen LogP contribution >= 0.6 is 0 Å². The molecule has 0 amide bonds. The molecule has 2 aromatic carbocycles. The fourth-order valence-electron chi connectivity index (χ4n) is 3.22. The highest BCUT2D eigenvalue weighted by Gasteiger charge is 2.15. The summed E-state index contributed by atoms with van der Waals surface area (Å²) in [7, 11) is 0. The molecule has 8 nitrogen and oxygen atoms in total. The van der Waals surface area contributed by atoms with Gasteiger partial charge in [-0.05, 0) is 42.7 Å². The lowest BCUT2D eigenvalue weighted by molar-refractivity contribution is 0.0696. The summed E-state index contributed by atoms with van der Waals surface area (Å²) in [6.45, 7) is 2.29. The number of benzene rings is 2. The van der Waals surface area contributed by atoms with Crippen LogP contribution in [0.15, 0.2) is 53.6 Å². The fourth-order valence-corrected chi connectivity index (χ4v) is 3.22. The molecule has 0 bridgehead atoms. The smallest absolute Gasteiger partial charge is 0.335 e. The predicted molar refractivity (Wildman–Crippen MR) is 107 cm³/mol. The van der Waals surface area contributed by atoms with Crippen molar-refractivity contribution in [2.24, 2.45) is 0 Å². The predicted octanol–water partition coefficient (Wildman–Crippen LogP) is 3.00. The molecular formula is C21H18N4O4. The van der Waals surface area contributed by atoms with Gasteiger partial charge in [0.15, 0.2) is 11.2 Å².